The van der Waals surface area contributed by atoms with E-state index in [4.69, 9.17) is 204 Å². The van der Waals surface area contributed by atoms with Crippen molar-refractivity contribution >= 4 is 218 Å². The van der Waals surface area contributed by atoms with Crippen LogP contribution in [0.25, 0.3) is 89.7 Å². The second-order valence-corrected chi connectivity index (χ2v) is 17.1. The molecule has 0 unspecified atom stereocenters. The minimum atomic E-state index is -0.0939. The Morgan fingerprint density at radius 1 is 0.304 bits per heavy atom. The second-order valence-electron chi connectivity index (χ2n) is 11.4. The third kappa shape index (κ3) is 5.99. The van der Waals surface area contributed by atoms with Gasteiger partial charge in [-0.25, -0.2) is 15.0 Å². The molecule has 5 heterocycles. The van der Waals surface area contributed by atoms with E-state index >= 15 is 0 Å². The number of rotatable bonds is 0. The molecule has 8 nitrogen and oxygen atoms in total. The Morgan fingerprint density at radius 2 is 0.607 bits per heavy atom. The van der Waals surface area contributed by atoms with Gasteiger partial charge in [-0.1, -0.05) is 174 Å². The summed E-state index contributed by atoms with van der Waals surface area (Å²) in [6.07, 6.45) is 0. The van der Waals surface area contributed by atoms with E-state index in [1.54, 1.807) is 0 Å². The van der Waals surface area contributed by atoms with Crippen molar-refractivity contribution in [1.29, 1.82) is 0 Å². The van der Waals surface area contributed by atoms with Crippen molar-refractivity contribution in [3.63, 3.8) is 0 Å². The summed E-state index contributed by atoms with van der Waals surface area (Å²) in [7, 11) is 0. The van der Waals surface area contributed by atoms with E-state index in [9.17, 15) is 0 Å². The summed E-state index contributed by atoms with van der Waals surface area (Å²) >= 11 is 100.0. The number of hydrogen-bond donors (Lipinski definition) is 0. The molecule has 2 aliphatic rings. The smallest absolute Gasteiger partial charge is 0.357 e. The maximum atomic E-state index is 6.82. The van der Waals surface area contributed by atoms with Gasteiger partial charge in [0.1, 0.15) is 0 Å². The summed E-state index contributed by atoms with van der Waals surface area (Å²) in [4.78, 5) is 37.8. The molecule has 4 aromatic carbocycles. The van der Waals surface area contributed by atoms with Gasteiger partial charge in [-0.05, 0) is 11.5 Å². The number of hydrogen-bond acceptors (Lipinski definition) is 6. The zero-order valence-electron chi connectivity index (χ0n) is 25.6. The Balaban J connectivity index is 0.00000441. The van der Waals surface area contributed by atoms with Gasteiger partial charge in [-0.3, -0.25) is 0 Å². The number of nitrogens with zero attached hydrogens (tertiary/aromatic N) is 8. The Kier molecular flexibility index (Phi) is 11.2. The van der Waals surface area contributed by atoms with Crippen LogP contribution in [0.3, 0.4) is 0 Å². The average molecular weight is 1090 g/mol. The summed E-state index contributed by atoms with van der Waals surface area (Å²) in [5.41, 5.74) is 0.365. The molecule has 0 atom stereocenters. The zero-order chi connectivity index (χ0) is 39.3. The molecular formula is C32HCl15CuN8. The molecule has 24 heteroatoms. The zero-order valence-corrected chi connectivity index (χ0v) is 37.9. The van der Waals surface area contributed by atoms with Crippen LogP contribution in [0.15, 0.2) is 6.07 Å². The quantitative estimate of drug-likeness (QED) is 0.0840. The number of aromatic nitrogens is 8. The average Bonchev–Trinajstić information content (AvgIpc) is 3.89. The molecule has 0 aliphatic carbocycles. The summed E-state index contributed by atoms with van der Waals surface area (Å²) in [5, 5.41) is 0.0171. The molecule has 0 fully saturated rings. The van der Waals surface area contributed by atoms with E-state index in [0.29, 0.717) is 5.39 Å². The van der Waals surface area contributed by atoms with Crippen molar-refractivity contribution in [2.75, 3.05) is 0 Å². The largest absolute Gasteiger partial charge is 2.00 e. The first kappa shape index (κ1) is 41.8. The van der Waals surface area contributed by atoms with Gasteiger partial charge in [0, 0.05) is 49.9 Å². The first-order valence-electron chi connectivity index (χ1n) is 14.5. The molecule has 285 valence electrons. The standard InChI is InChI=1S/C32HCl15N8.Cu/c33-3-1-2-4(12(35)11(3)34)26-48-25(2)49-27-5-6(14(37)20(43)19(42)13(5)36)29(51-27)53-31-9-10(18(41)24(47)23(46)17(9)40)32(55-31)54-30-8-7(28(50-26)52-30)15(38)21(44)22(45)16(8)39;/h1H;/q-2;+2. The van der Waals surface area contributed by atoms with E-state index in [0.717, 1.165) is 0 Å². The maximum Gasteiger partial charge on any atom is 2.00 e. The first-order chi connectivity index (χ1) is 26.0. The normalized spacial score (nSPS) is 12.1. The fourth-order valence-electron chi connectivity index (χ4n) is 6.05. The van der Waals surface area contributed by atoms with Crippen molar-refractivity contribution in [2.24, 2.45) is 0 Å². The van der Waals surface area contributed by atoms with Crippen LogP contribution in [0.5, 0.6) is 0 Å². The molecule has 56 heavy (non-hydrogen) atoms. The number of benzene rings is 4. The van der Waals surface area contributed by atoms with Crippen molar-refractivity contribution in [2.45, 2.75) is 0 Å². The van der Waals surface area contributed by atoms with Crippen LogP contribution in [-0.2, 0) is 17.1 Å². The SMILES string of the molecule is Clc1cc2c3nc4[n-]c(nc5nc(nc6nc(nc([n-]3)c2c(Cl)c1Cl)-c1c(Cl)c(Cl)c(Cl)c(Cl)c1-6)-c1c(Cl)c(Cl)c(Cl)c(Cl)c1-5)c1c(Cl)c(Cl)c(Cl)c(Cl)c41.[Cu+2]. The van der Waals surface area contributed by atoms with Crippen LogP contribution in [0.4, 0.5) is 0 Å². The predicted molar refractivity (Wildman–Crippen MR) is 229 cm³/mol. The number of fused-ring (bicyclic) bond motifs is 20. The van der Waals surface area contributed by atoms with Crippen LogP contribution >= 0.6 is 174 Å². The van der Waals surface area contributed by atoms with Gasteiger partial charge < -0.3 is 24.9 Å². The molecular weight excluding hydrogens is 1090 g/mol. The van der Waals surface area contributed by atoms with Crippen LogP contribution in [0, 0.1) is 0 Å². The monoisotopic (exact) mass is 1080 g/mol. The van der Waals surface area contributed by atoms with E-state index < -0.39 is 0 Å². The van der Waals surface area contributed by atoms with Crippen molar-refractivity contribution < 1.29 is 17.1 Å². The van der Waals surface area contributed by atoms with Gasteiger partial charge in [0.15, 0.2) is 11.6 Å². The summed E-state index contributed by atoms with van der Waals surface area (Å²) < 4.78 is 0. The molecule has 9 rings (SSSR count). The third-order valence-electron chi connectivity index (χ3n) is 8.46. The fourth-order valence-corrected chi connectivity index (χ4v) is 9.80. The van der Waals surface area contributed by atoms with Crippen molar-refractivity contribution in [1.82, 2.24) is 39.9 Å². The summed E-state index contributed by atoms with van der Waals surface area (Å²) in [5.74, 6) is -0.335. The van der Waals surface area contributed by atoms with Gasteiger partial charge in [0.05, 0.1) is 98.1 Å². The molecule has 0 saturated heterocycles. The molecule has 7 aromatic rings. The molecule has 0 amide bonds. The van der Waals surface area contributed by atoms with E-state index in [1.165, 1.54) is 6.07 Å². The third-order valence-corrected chi connectivity index (χ3v) is 15.1. The summed E-state index contributed by atoms with van der Waals surface area (Å²) in [6, 6.07) is 1.50. The van der Waals surface area contributed by atoms with Gasteiger partial charge in [-0.15, -0.1) is 0 Å². The minimum absolute atomic E-state index is 0. The molecule has 0 spiro atoms. The number of halogens is 15. The Hall–Kier alpha value is -0.891. The maximum absolute atomic E-state index is 6.82. The molecule has 1 radical (unpaired) electrons. The van der Waals surface area contributed by atoms with Gasteiger partial charge in [0.2, 0.25) is 0 Å². The van der Waals surface area contributed by atoms with Gasteiger partial charge >= 0.3 is 17.1 Å². The minimum Gasteiger partial charge on any atom is -0.357 e. The Labute approximate surface area is 397 Å². The van der Waals surface area contributed by atoms with E-state index in [-0.39, 0.29) is 177 Å². The van der Waals surface area contributed by atoms with Crippen LogP contribution in [0.1, 0.15) is 0 Å². The first-order valence-corrected chi connectivity index (χ1v) is 20.2. The molecule has 2 aliphatic heterocycles. The van der Waals surface area contributed by atoms with Crippen LogP contribution < -0.4 is 9.97 Å². The predicted octanol–water partition coefficient (Wildman–Crippen LogP) is 15.9. The Bertz CT molecular complexity index is 3190. The van der Waals surface area contributed by atoms with Crippen molar-refractivity contribution in [3.8, 4) is 45.6 Å². The molecule has 3 aromatic heterocycles. The fraction of sp³-hybridized carbons (Fsp3) is 0. The summed E-state index contributed by atoms with van der Waals surface area (Å²) in [6.45, 7) is 0. The molecule has 0 N–H and O–H groups in total. The van der Waals surface area contributed by atoms with Crippen LogP contribution in [-0.4, -0.2) is 29.9 Å². The Morgan fingerprint density at radius 3 is 1.02 bits per heavy atom. The second kappa shape index (κ2) is 14.9. The molecule has 8 bridgehead atoms. The van der Waals surface area contributed by atoms with Gasteiger partial charge in [0.25, 0.3) is 0 Å². The van der Waals surface area contributed by atoms with Gasteiger partial charge in [-0.2, -0.15) is 0 Å². The topological polar surface area (TPSA) is 106 Å². The van der Waals surface area contributed by atoms with Crippen molar-refractivity contribution in [3.05, 3.63) is 81.4 Å². The molecule has 0 saturated carbocycles. The van der Waals surface area contributed by atoms with Crippen LogP contribution in [0.2, 0.25) is 75.3 Å². The van der Waals surface area contributed by atoms with E-state index in [2.05, 4.69) is 9.97 Å². The van der Waals surface area contributed by atoms with E-state index in [1.807, 2.05) is 0 Å².